The van der Waals surface area contributed by atoms with E-state index in [2.05, 4.69) is 15.0 Å². The molecular weight excluding hydrogens is 382 g/mol. The van der Waals surface area contributed by atoms with Crippen LogP contribution < -0.4 is 5.73 Å². The van der Waals surface area contributed by atoms with Gasteiger partial charge in [0.05, 0.1) is 12.9 Å². The predicted octanol–water partition coefficient (Wildman–Crippen LogP) is 0.621. The van der Waals surface area contributed by atoms with Crippen LogP contribution >= 0.6 is 11.8 Å². The number of aliphatic hydroxyl groups excluding tert-OH is 3. The van der Waals surface area contributed by atoms with Gasteiger partial charge in [-0.3, -0.25) is 4.57 Å². The summed E-state index contributed by atoms with van der Waals surface area (Å²) in [5.74, 6) is 0.898. The lowest BCUT2D eigenvalue weighted by Gasteiger charge is -2.16. The third-order valence-electron chi connectivity index (χ3n) is 4.71. The van der Waals surface area contributed by atoms with Crippen LogP contribution in [0.25, 0.3) is 11.2 Å². The molecule has 1 unspecified atom stereocenters. The Kier molecular flexibility index (Phi) is 5.21. The van der Waals surface area contributed by atoms with Crippen LogP contribution in [0, 0.1) is 6.92 Å². The van der Waals surface area contributed by atoms with Crippen molar-refractivity contribution in [1.29, 1.82) is 0 Å². The van der Waals surface area contributed by atoms with Gasteiger partial charge in [-0.25, -0.2) is 15.0 Å². The Labute approximate surface area is 165 Å². The van der Waals surface area contributed by atoms with E-state index in [9.17, 15) is 15.3 Å². The highest BCUT2D eigenvalue weighted by Crippen LogP contribution is 2.33. The van der Waals surface area contributed by atoms with E-state index in [4.69, 9.17) is 10.5 Å². The van der Waals surface area contributed by atoms with Crippen LogP contribution in [0.5, 0.6) is 0 Å². The van der Waals surface area contributed by atoms with Crippen LogP contribution in [0.3, 0.4) is 0 Å². The maximum absolute atomic E-state index is 10.3. The van der Waals surface area contributed by atoms with Gasteiger partial charge in [0, 0.05) is 5.75 Å². The fourth-order valence-corrected chi connectivity index (χ4v) is 3.91. The molecule has 4 rings (SSSR count). The number of nitrogen functional groups attached to an aromatic ring is 1. The summed E-state index contributed by atoms with van der Waals surface area (Å²) in [5.41, 5.74) is 9.15. The quantitative estimate of drug-likeness (QED) is 0.356. The number of imidazole rings is 1. The zero-order valence-corrected chi connectivity index (χ0v) is 16.0. The summed E-state index contributed by atoms with van der Waals surface area (Å²) in [5, 5.41) is 30.1. The number of ether oxygens (including phenoxy) is 1. The van der Waals surface area contributed by atoms with Crippen molar-refractivity contribution >= 4 is 28.7 Å². The summed E-state index contributed by atoms with van der Waals surface area (Å²) in [6.07, 6.45) is -2.81. The van der Waals surface area contributed by atoms with E-state index < -0.39 is 31.1 Å². The number of aromatic nitrogens is 4. The fourth-order valence-electron chi connectivity index (χ4n) is 3.11. The van der Waals surface area contributed by atoms with Crippen LogP contribution in [0.2, 0.25) is 0 Å². The molecule has 0 aliphatic carbocycles. The number of rotatable bonds is 5. The molecule has 0 amide bonds. The summed E-state index contributed by atoms with van der Waals surface area (Å²) in [4.78, 5) is 13.0. The first-order chi connectivity index (χ1) is 13.5. The van der Waals surface area contributed by atoms with Gasteiger partial charge < -0.3 is 25.8 Å². The average molecular weight is 403 g/mol. The predicted molar refractivity (Wildman–Crippen MR) is 103 cm³/mol. The lowest BCUT2D eigenvalue weighted by Crippen LogP contribution is -2.33. The molecule has 4 atom stereocenters. The van der Waals surface area contributed by atoms with Gasteiger partial charge in [0.1, 0.15) is 23.8 Å². The zero-order valence-electron chi connectivity index (χ0n) is 15.1. The van der Waals surface area contributed by atoms with Gasteiger partial charge in [0.25, 0.3) is 0 Å². The number of aliphatic hydroxyl groups is 3. The lowest BCUT2D eigenvalue weighted by molar-refractivity contribution is -0.0511. The lowest BCUT2D eigenvalue weighted by atomic mass is 10.1. The van der Waals surface area contributed by atoms with E-state index in [-0.39, 0.29) is 5.82 Å². The molecule has 1 fully saturated rings. The van der Waals surface area contributed by atoms with Gasteiger partial charge in [-0.2, -0.15) is 0 Å². The third kappa shape index (κ3) is 3.45. The van der Waals surface area contributed by atoms with Gasteiger partial charge in [-0.15, -0.1) is 0 Å². The number of fused-ring (bicyclic) bond motifs is 1. The first kappa shape index (κ1) is 19.1. The molecule has 0 spiro atoms. The number of nitrogens with two attached hydrogens (primary N) is 1. The van der Waals surface area contributed by atoms with Crippen molar-refractivity contribution in [3.63, 3.8) is 0 Å². The standard InChI is InChI=1S/C18H21N5O4S/c1-9-2-4-10(5-3-9)7-28-18-21-15(19)12-16(22-18)23(8-20-12)17-14(26)13(25)11(6-24)27-17/h2-5,8,11,13-14,17,24-26H,6-7H2,1H3,(H2,19,21,22)/t11-,13?,14+,17-/m1/s1. The minimum atomic E-state index is -1.23. The summed E-state index contributed by atoms with van der Waals surface area (Å²) in [6, 6.07) is 8.19. The van der Waals surface area contributed by atoms with Gasteiger partial charge in [0.2, 0.25) is 0 Å². The van der Waals surface area contributed by atoms with Crippen LogP contribution in [0.15, 0.2) is 35.7 Å². The molecule has 1 aliphatic heterocycles. The Bertz CT molecular complexity index is 980. The number of thioether (sulfide) groups is 1. The highest BCUT2D eigenvalue weighted by molar-refractivity contribution is 7.98. The van der Waals surface area contributed by atoms with Crippen LogP contribution in [-0.2, 0) is 10.5 Å². The second-order valence-electron chi connectivity index (χ2n) is 6.72. The molecule has 0 bridgehead atoms. The SMILES string of the molecule is Cc1ccc(CSc2nc(N)c3ncn([C@@H]4O[C@H](CO)C(O)[C@@H]4O)c3n2)cc1. The van der Waals surface area contributed by atoms with E-state index in [1.165, 1.54) is 28.2 Å². The van der Waals surface area contributed by atoms with Crippen molar-refractivity contribution in [3.05, 3.63) is 41.7 Å². The number of hydrogen-bond donors (Lipinski definition) is 4. The molecule has 28 heavy (non-hydrogen) atoms. The van der Waals surface area contributed by atoms with E-state index in [0.717, 1.165) is 5.56 Å². The van der Waals surface area contributed by atoms with E-state index in [1.807, 2.05) is 31.2 Å². The Morgan fingerprint density at radius 2 is 1.93 bits per heavy atom. The second kappa shape index (κ2) is 7.64. The molecule has 1 saturated heterocycles. The van der Waals surface area contributed by atoms with Gasteiger partial charge in [-0.1, -0.05) is 41.6 Å². The van der Waals surface area contributed by atoms with Crippen molar-refractivity contribution in [2.24, 2.45) is 0 Å². The summed E-state index contributed by atoms with van der Waals surface area (Å²) in [6.45, 7) is 1.63. The summed E-state index contributed by atoms with van der Waals surface area (Å²) >= 11 is 1.43. The highest BCUT2D eigenvalue weighted by Gasteiger charge is 2.44. The van der Waals surface area contributed by atoms with Gasteiger partial charge >= 0.3 is 0 Å². The molecule has 9 nitrogen and oxygen atoms in total. The molecule has 3 aromatic rings. The Morgan fingerprint density at radius 3 is 2.61 bits per heavy atom. The van der Waals surface area contributed by atoms with Crippen molar-refractivity contribution in [3.8, 4) is 0 Å². The van der Waals surface area contributed by atoms with E-state index in [0.29, 0.717) is 22.1 Å². The molecule has 5 N–H and O–H groups in total. The third-order valence-corrected chi connectivity index (χ3v) is 5.63. The Hall–Kier alpha value is -2.24. The number of benzene rings is 1. The normalized spacial score (nSPS) is 24.9. The van der Waals surface area contributed by atoms with Gasteiger partial charge in [0.15, 0.2) is 22.8 Å². The molecule has 148 valence electrons. The molecule has 1 aromatic carbocycles. The molecule has 0 radical (unpaired) electrons. The maximum atomic E-state index is 10.3. The highest BCUT2D eigenvalue weighted by atomic mass is 32.2. The molecule has 1 aliphatic rings. The van der Waals surface area contributed by atoms with Crippen molar-refractivity contribution < 1.29 is 20.1 Å². The Balaban J connectivity index is 1.62. The molecule has 0 saturated carbocycles. The first-order valence-electron chi connectivity index (χ1n) is 8.78. The van der Waals surface area contributed by atoms with Crippen LogP contribution in [0.1, 0.15) is 17.4 Å². The number of anilines is 1. The monoisotopic (exact) mass is 403 g/mol. The minimum absolute atomic E-state index is 0.224. The number of aryl methyl sites for hydroxylation is 1. The maximum Gasteiger partial charge on any atom is 0.191 e. The van der Waals surface area contributed by atoms with E-state index in [1.54, 1.807) is 0 Å². The smallest absolute Gasteiger partial charge is 0.191 e. The minimum Gasteiger partial charge on any atom is -0.394 e. The summed E-state index contributed by atoms with van der Waals surface area (Å²) < 4.78 is 7.08. The van der Waals surface area contributed by atoms with Crippen molar-refractivity contribution in [2.45, 2.75) is 42.4 Å². The van der Waals surface area contributed by atoms with Crippen LogP contribution in [-0.4, -0.2) is 59.8 Å². The number of hydrogen-bond acceptors (Lipinski definition) is 9. The average Bonchev–Trinajstić information content (AvgIpc) is 3.23. The molecule has 3 heterocycles. The molecular formula is C18H21N5O4S. The van der Waals surface area contributed by atoms with E-state index >= 15 is 0 Å². The first-order valence-corrected chi connectivity index (χ1v) is 9.77. The second-order valence-corrected chi connectivity index (χ2v) is 7.66. The largest absolute Gasteiger partial charge is 0.394 e. The topological polar surface area (TPSA) is 140 Å². The number of nitrogens with zero attached hydrogens (tertiary/aromatic N) is 4. The fraction of sp³-hybridized carbons (Fsp3) is 0.389. The van der Waals surface area contributed by atoms with Crippen molar-refractivity contribution in [2.75, 3.05) is 12.3 Å². The van der Waals surface area contributed by atoms with Crippen LogP contribution in [0.4, 0.5) is 5.82 Å². The zero-order chi connectivity index (χ0) is 19.8. The molecule has 10 heteroatoms. The summed E-state index contributed by atoms with van der Waals surface area (Å²) in [7, 11) is 0. The van der Waals surface area contributed by atoms with Gasteiger partial charge in [-0.05, 0) is 12.5 Å². The Morgan fingerprint density at radius 1 is 1.18 bits per heavy atom. The van der Waals surface area contributed by atoms with Crippen molar-refractivity contribution in [1.82, 2.24) is 19.5 Å². The molecule has 2 aromatic heterocycles.